The lowest BCUT2D eigenvalue weighted by Gasteiger charge is -2.04. The number of aromatic nitrogens is 3. The molecule has 0 aromatic carbocycles. The van der Waals surface area contributed by atoms with Gasteiger partial charge >= 0.3 is 5.97 Å². The first kappa shape index (κ1) is 15.3. The van der Waals surface area contributed by atoms with Crippen LogP contribution in [0.15, 0.2) is 5.16 Å². The molecule has 1 heterocycles. The highest BCUT2D eigenvalue weighted by molar-refractivity contribution is 7.99. The van der Waals surface area contributed by atoms with Gasteiger partial charge in [0.2, 0.25) is 17.0 Å². The minimum Gasteiger partial charge on any atom is -0.466 e. The summed E-state index contributed by atoms with van der Waals surface area (Å²) in [6.45, 7) is 2.57. The van der Waals surface area contributed by atoms with Gasteiger partial charge in [-0.2, -0.15) is 4.98 Å². The second kappa shape index (κ2) is 8.35. The van der Waals surface area contributed by atoms with Crippen molar-refractivity contribution in [3.05, 3.63) is 0 Å². The minimum absolute atomic E-state index is 0.141. The highest BCUT2D eigenvalue weighted by atomic mass is 32.2. The summed E-state index contributed by atoms with van der Waals surface area (Å²) in [7, 11) is 0. The van der Waals surface area contributed by atoms with Crippen molar-refractivity contribution < 1.29 is 14.3 Å². The van der Waals surface area contributed by atoms with Crippen LogP contribution in [-0.4, -0.2) is 46.0 Å². The average Bonchev–Trinajstić information content (AvgIpc) is 2.78. The first-order valence-electron chi connectivity index (χ1n) is 5.84. The molecule has 9 heteroatoms. The molecule has 0 spiro atoms. The number of rotatable bonds is 8. The van der Waals surface area contributed by atoms with Crippen LogP contribution >= 0.6 is 11.8 Å². The van der Waals surface area contributed by atoms with Crippen LogP contribution in [-0.2, 0) is 14.3 Å². The first-order valence-corrected chi connectivity index (χ1v) is 6.83. The summed E-state index contributed by atoms with van der Waals surface area (Å²) in [5.74, 6) is 0.0355. The smallest absolute Gasteiger partial charge is 0.305 e. The van der Waals surface area contributed by atoms with Crippen LogP contribution in [0.4, 0.5) is 5.95 Å². The molecule has 1 aromatic rings. The molecule has 0 aliphatic heterocycles. The predicted octanol–water partition coefficient (Wildman–Crippen LogP) is -0.0615. The summed E-state index contributed by atoms with van der Waals surface area (Å²) in [5.41, 5.74) is 5.35. The van der Waals surface area contributed by atoms with Crippen LogP contribution in [0.2, 0.25) is 0 Å². The van der Waals surface area contributed by atoms with Crippen LogP contribution < -0.4 is 11.1 Å². The maximum Gasteiger partial charge on any atom is 0.305 e. The molecule has 0 saturated carbocycles. The number of anilines is 1. The molecule has 0 fully saturated rings. The highest BCUT2D eigenvalue weighted by Gasteiger charge is 2.06. The molecule has 0 aliphatic rings. The van der Waals surface area contributed by atoms with E-state index in [-0.39, 0.29) is 23.6 Å². The molecule has 8 nitrogen and oxygen atoms in total. The Morgan fingerprint density at radius 1 is 1.53 bits per heavy atom. The fourth-order valence-corrected chi connectivity index (χ4v) is 1.83. The number of hydrogen-bond acceptors (Lipinski definition) is 7. The number of hydrogen-bond donors (Lipinski definition) is 3. The fraction of sp³-hybridized carbons (Fsp3) is 0.600. The van der Waals surface area contributed by atoms with Crippen molar-refractivity contribution in [1.29, 1.82) is 0 Å². The number of nitrogen functional groups attached to an aromatic ring is 1. The third-order valence-electron chi connectivity index (χ3n) is 2.00. The predicted molar refractivity (Wildman–Crippen MR) is 70.4 cm³/mol. The molecular formula is C10H17N5O3S. The zero-order valence-electron chi connectivity index (χ0n) is 10.6. The first-order chi connectivity index (χ1) is 9.11. The van der Waals surface area contributed by atoms with Crippen LogP contribution in [0.3, 0.4) is 0 Å². The van der Waals surface area contributed by atoms with Gasteiger partial charge in [0.1, 0.15) is 0 Å². The Labute approximate surface area is 114 Å². The van der Waals surface area contributed by atoms with Gasteiger partial charge < -0.3 is 15.8 Å². The van der Waals surface area contributed by atoms with E-state index < -0.39 is 0 Å². The summed E-state index contributed by atoms with van der Waals surface area (Å²) >= 11 is 1.18. The lowest BCUT2D eigenvalue weighted by molar-refractivity contribution is -0.143. The Morgan fingerprint density at radius 2 is 2.32 bits per heavy atom. The number of thioether (sulfide) groups is 1. The van der Waals surface area contributed by atoms with Crippen molar-refractivity contribution in [3.63, 3.8) is 0 Å². The molecule has 1 amide bonds. The number of amides is 1. The molecule has 0 saturated heterocycles. The monoisotopic (exact) mass is 287 g/mol. The Bertz CT molecular complexity index is 423. The van der Waals surface area contributed by atoms with E-state index in [1.165, 1.54) is 11.8 Å². The van der Waals surface area contributed by atoms with E-state index in [2.05, 4.69) is 20.5 Å². The normalized spacial score (nSPS) is 10.2. The highest BCUT2D eigenvalue weighted by Crippen LogP contribution is 2.11. The summed E-state index contributed by atoms with van der Waals surface area (Å²) in [6, 6.07) is 0. The van der Waals surface area contributed by atoms with E-state index in [1.807, 2.05) is 0 Å². The fourth-order valence-electron chi connectivity index (χ4n) is 1.20. The number of H-pyrrole nitrogens is 1. The largest absolute Gasteiger partial charge is 0.466 e. The van der Waals surface area contributed by atoms with E-state index in [0.29, 0.717) is 31.1 Å². The van der Waals surface area contributed by atoms with Crippen molar-refractivity contribution in [2.24, 2.45) is 0 Å². The Balaban J connectivity index is 2.06. The van der Waals surface area contributed by atoms with E-state index in [4.69, 9.17) is 10.5 Å². The quantitative estimate of drug-likeness (QED) is 0.347. The number of nitrogens with one attached hydrogen (secondary N) is 2. The van der Waals surface area contributed by atoms with Gasteiger partial charge in [0.25, 0.3) is 0 Å². The van der Waals surface area contributed by atoms with E-state index in [1.54, 1.807) is 6.92 Å². The Morgan fingerprint density at radius 3 is 2.95 bits per heavy atom. The lowest BCUT2D eigenvalue weighted by atomic mass is 10.3. The zero-order chi connectivity index (χ0) is 14.1. The maximum absolute atomic E-state index is 11.4. The molecule has 0 bridgehead atoms. The van der Waals surface area contributed by atoms with Gasteiger partial charge in [-0.3, -0.25) is 9.59 Å². The molecule has 4 N–H and O–H groups in total. The second-order valence-corrected chi connectivity index (χ2v) is 4.49. The van der Waals surface area contributed by atoms with Gasteiger partial charge in [-0.15, -0.1) is 5.10 Å². The summed E-state index contributed by atoms with van der Waals surface area (Å²) < 4.78 is 4.77. The molecule has 0 aliphatic carbocycles. The molecular weight excluding hydrogens is 270 g/mol. The Hall–Kier alpha value is -1.77. The third-order valence-corrected chi connectivity index (χ3v) is 2.85. The van der Waals surface area contributed by atoms with Gasteiger partial charge in [-0.1, -0.05) is 11.8 Å². The summed E-state index contributed by atoms with van der Waals surface area (Å²) in [5, 5.41) is 9.39. The topological polar surface area (TPSA) is 123 Å². The van der Waals surface area contributed by atoms with Gasteiger partial charge in [0.05, 0.1) is 12.4 Å². The maximum atomic E-state index is 11.4. The van der Waals surface area contributed by atoms with Crippen LogP contribution in [0, 0.1) is 0 Å². The minimum atomic E-state index is -0.248. The van der Waals surface area contributed by atoms with Crippen LogP contribution in [0.5, 0.6) is 0 Å². The van der Waals surface area contributed by atoms with Crippen molar-refractivity contribution >= 4 is 29.6 Å². The molecule has 0 radical (unpaired) electrons. The number of nitrogens with two attached hydrogens (primary N) is 1. The summed E-state index contributed by atoms with van der Waals surface area (Å²) in [4.78, 5) is 26.3. The van der Waals surface area contributed by atoms with Crippen LogP contribution in [0.1, 0.15) is 19.8 Å². The number of aromatic amines is 1. The van der Waals surface area contributed by atoms with E-state index >= 15 is 0 Å². The third kappa shape index (κ3) is 6.65. The number of esters is 1. The van der Waals surface area contributed by atoms with Gasteiger partial charge in [0, 0.05) is 13.0 Å². The van der Waals surface area contributed by atoms with Gasteiger partial charge in [-0.25, -0.2) is 5.10 Å². The van der Waals surface area contributed by atoms with Gasteiger partial charge in [-0.05, 0) is 13.3 Å². The molecule has 1 aromatic heterocycles. The number of nitrogens with zero attached hydrogens (tertiary/aromatic N) is 2. The number of carbonyl (C=O) groups is 2. The van der Waals surface area contributed by atoms with E-state index in [0.717, 1.165) is 0 Å². The standard InChI is InChI=1S/C10H17N5O3S/c1-2-18-8(17)4-3-5-12-7(16)6-19-10-13-9(11)14-15-10/h2-6H2,1H3,(H,12,16)(H3,11,13,14,15). The molecule has 1 rings (SSSR count). The van der Waals surface area contributed by atoms with Crippen molar-refractivity contribution in [1.82, 2.24) is 20.5 Å². The molecule has 0 unspecified atom stereocenters. The van der Waals surface area contributed by atoms with Crippen molar-refractivity contribution in [2.75, 3.05) is 24.6 Å². The number of carbonyl (C=O) groups excluding carboxylic acids is 2. The van der Waals surface area contributed by atoms with E-state index in [9.17, 15) is 9.59 Å². The molecule has 0 atom stereocenters. The van der Waals surface area contributed by atoms with Crippen molar-refractivity contribution in [2.45, 2.75) is 24.9 Å². The second-order valence-electron chi connectivity index (χ2n) is 3.55. The number of ether oxygens (including phenoxy) is 1. The van der Waals surface area contributed by atoms with Crippen LogP contribution in [0.25, 0.3) is 0 Å². The lowest BCUT2D eigenvalue weighted by Crippen LogP contribution is -2.26. The zero-order valence-corrected chi connectivity index (χ0v) is 11.5. The SMILES string of the molecule is CCOC(=O)CCCNC(=O)CSc1n[nH]c(N)n1. The van der Waals surface area contributed by atoms with Crippen molar-refractivity contribution in [3.8, 4) is 0 Å². The molecule has 19 heavy (non-hydrogen) atoms. The molecule has 106 valence electrons. The average molecular weight is 287 g/mol. The van der Waals surface area contributed by atoms with Gasteiger partial charge in [0.15, 0.2) is 0 Å². The summed E-state index contributed by atoms with van der Waals surface area (Å²) in [6.07, 6.45) is 0.863. The Kier molecular flexibility index (Phi) is 6.72.